The Kier molecular flexibility index (Phi) is 9.14. The molecule has 28 heavy (non-hydrogen) atoms. The Morgan fingerprint density at radius 1 is 1.43 bits per heavy atom. The fraction of sp³-hybridized carbons (Fsp3) is 0.400. The predicted molar refractivity (Wildman–Crippen MR) is 114 cm³/mol. The molecule has 0 aliphatic carbocycles. The molecule has 0 fully saturated rings. The van der Waals surface area contributed by atoms with E-state index in [1.165, 1.54) is 6.21 Å². The number of carbonyl (C=O) groups excluding carboxylic acids is 1. The van der Waals surface area contributed by atoms with Crippen molar-refractivity contribution < 1.29 is 9.63 Å². The van der Waals surface area contributed by atoms with E-state index < -0.39 is 0 Å². The number of oxime groups is 1. The van der Waals surface area contributed by atoms with Crippen LogP contribution in [0.4, 0.5) is 0 Å². The van der Waals surface area contributed by atoms with Crippen molar-refractivity contribution in [1.82, 2.24) is 15.6 Å². The van der Waals surface area contributed by atoms with Crippen LogP contribution in [0, 0.1) is 5.41 Å². The molecular weight excluding hydrogens is 374 g/mol. The summed E-state index contributed by atoms with van der Waals surface area (Å²) in [5, 5.41) is 20.1. The molecule has 2 heterocycles. The van der Waals surface area contributed by atoms with Crippen LogP contribution in [0.2, 0.25) is 0 Å². The highest BCUT2D eigenvalue weighted by Gasteiger charge is 2.26. The molecule has 150 valence electrons. The van der Waals surface area contributed by atoms with Crippen LogP contribution in [0.1, 0.15) is 42.3 Å². The number of nitrogens with one attached hydrogen (secondary N) is 3. The Morgan fingerprint density at radius 2 is 2.29 bits per heavy atom. The highest BCUT2D eigenvalue weighted by molar-refractivity contribution is 7.09. The molecule has 0 spiro atoms. The molecule has 1 aliphatic rings. The minimum Gasteiger partial charge on any atom is -0.391 e. The second-order valence-corrected chi connectivity index (χ2v) is 7.26. The number of nitrogens with zero attached hydrogens (tertiary/aromatic N) is 2. The van der Waals surface area contributed by atoms with Crippen molar-refractivity contribution in [2.75, 3.05) is 13.1 Å². The third-order valence-corrected chi connectivity index (χ3v) is 5.42. The van der Waals surface area contributed by atoms with E-state index in [1.54, 1.807) is 29.7 Å². The fourth-order valence-corrected chi connectivity index (χ4v) is 3.82. The number of carbonyl (C=O) groups is 1. The molecule has 7 nitrogen and oxygen atoms in total. The molecule has 2 rings (SSSR count). The molecular formula is C20H27N5O2S. The van der Waals surface area contributed by atoms with Crippen LogP contribution in [-0.2, 0) is 9.63 Å². The number of thiazole rings is 1. The molecule has 1 aromatic rings. The topological polar surface area (TPSA) is 99.5 Å². The Morgan fingerprint density at radius 3 is 3.04 bits per heavy atom. The van der Waals surface area contributed by atoms with Gasteiger partial charge in [0, 0.05) is 37.0 Å². The quantitative estimate of drug-likeness (QED) is 0.193. The number of amides is 1. The minimum absolute atomic E-state index is 0.162. The molecule has 0 aromatic carbocycles. The molecule has 0 bridgehead atoms. The summed E-state index contributed by atoms with van der Waals surface area (Å²) in [5.41, 5.74) is 2.50. The summed E-state index contributed by atoms with van der Waals surface area (Å²) in [4.78, 5) is 20.8. The largest absolute Gasteiger partial charge is 0.391 e. The van der Waals surface area contributed by atoms with Crippen molar-refractivity contribution in [3.63, 3.8) is 0 Å². The van der Waals surface area contributed by atoms with Crippen LogP contribution in [-0.4, -0.2) is 42.5 Å². The van der Waals surface area contributed by atoms with Crippen molar-refractivity contribution in [2.24, 2.45) is 5.16 Å². The summed E-state index contributed by atoms with van der Waals surface area (Å²) in [6.45, 7) is 9.09. The Balaban J connectivity index is 1.96. The normalized spacial score (nSPS) is 16.9. The van der Waals surface area contributed by atoms with Gasteiger partial charge >= 0.3 is 0 Å². The summed E-state index contributed by atoms with van der Waals surface area (Å²) in [6, 6.07) is 0. The lowest BCUT2D eigenvalue weighted by molar-refractivity contribution is -0.109. The van der Waals surface area contributed by atoms with Gasteiger partial charge in [-0.05, 0) is 37.1 Å². The number of hydrogen-bond acceptors (Lipinski definition) is 7. The number of rotatable bonds is 14. The minimum atomic E-state index is -0.162. The fourth-order valence-electron chi connectivity index (χ4n) is 2.82. The van der Waals surface area contributed by atoms with Gasteiger partial charge in [0.05, 0.1) is 10.7 Å². The van der Waals surface area contributed by atoms with E-state index in [0.717, 1.165) is 54.2 Å². The van der Waals surface area contributed by atoms with Gasteiger partial charge in [-0.2, -0.15) is 0 Å². The third kappa shape index (κ3) is 6.45. The van der Waals surface area contributed by atoms with Crippen LogP contribution < -0.4 is 10.6 Å². The second-order valence-electron chi connectivity index (χ2n) is 6.37. The van der Waals surface area contributed by atoms with Crippen LogP contribution in [0.3, 0.4) is 0 Å². The number of aromatic nitrogens is 1. The van der Waals surface area contributed by atoms with Gasteiger partial charge in [0.25, 0.3) is 0 Å². The molecule has 0 saturated heterocycles. The number of hydrogen-bond donors (Lipinski definition) is 3. The average Bonchev–Trinajstić information content (AvgIpc) is 3.38. The Bertz CT molecular complexity index is 741. The smallest absolute Gasteiger partial charge is 0.207 e. The zero-order valence-corrected chi connectivity index (χ0v) is 16.7. The predicted octanol–water partition coefficient (Wildman–Crippen LogP) is 3.13. The molecule has 0 saturated carbocycles. The molecule has 0 radical (unpaired) electrons. The Labute approximate surface area is 169 Å². The summed E-state index contributed by atoms with van der Waals surface area (Å²) < 4.78 is 0. The molecule has 1 aromatic heterocycles. The van der Waals surface area contributed by atoms with Gasteiger partial charge in [0.2, 0.25) is 6.41 Å². The number of allylic oxidation sites excluding steroid dienone is 1. The lowest BCUT2D eigenvalue weighted by atomic mass is 10.00. The molecule has 2 atom stereocenters. The molecule has 2 unspecified atom stereocenters. The lowest BCUT2D eigenvalue weighted by Gasteiger charge is -2.14. The molecule has 1 aliphatic heterocycles. The van der Waals surface area contributed by atoms with Crippen LogP contribution in [0.5, 0.6) is 0 Å². The maximum absolute atomic E-state index is 10.6. The summed E-state index contributed by atoms with van der Waals surface area (Å²) in [6.07, 6.45) is 10.3. The van der Waals surface area contributed by atoms with Crippen molar-refractivity contribution in [3.05, 3.63) is 53.2 Å². The highest BCUT2D eigenvalue weighted by atomic mass is 32.1. The van der Waals surface area contributed by atoms with E-state index in [4.69, 9.17) is 15.2 Å². The first-order valence-electron chi connectivity index (χ1n) is 9.25. The molecule has 1 amide bonds. The van der Waals surface area contributed by atoms with Gasteiger partial charge in [0.15, 0.2) is 6.10 Å². The van der Waals surface area contributed by atoms with Gasteiger partial charge in [-0.15, -0.1) is 11.3 Å². The maximum Gasteiger partial charge on any atom is 0.207 e. The van der Waals surface area contributed by atoms with Gasteiger partial charge in [0.1, 0.15) is 5.71 Å². The van der Waals surface area contributed by atoms with E-state index in [9.17, 15) is 4.79 Å². The zero-order chi connectivity index (χ0) is 20.2. The zero-order valence-electron chi connectivity index (χ0n) is 15.9. The van der Waals surface area contributed by atoms with Gasteiger partial charge in [-0.1, -0.05) is 24.4 Å². The first-order chi connectivity index (χ1) is 13.7. The first-order valence-corrected chi connectivity index (χ1v) is 10.1. The van der Waals surface area contributed by atoms with Crippen molar-refractivity contribution in [3.8, 4) is 0 Å². The van der Waals surface area contributed by atoms with E-state index in [0.29, 0.717) is 13.0 Å². The van der Waals surface area contributed by atoms with E-state index in [2.05, 4.69) is 28.9 Å². The van der Waals surface area contributed by atoms with Crippen LogP contribution in [0.25, 0.3) is 0 Å². The highest BCUT2D eigenvalue weighted by Crippen LogP contribution is 2.29. The molecule has 8 heteroatoms. The van der Waals surface area contributed by atoms with Gasteiger partial charge in [-0.3, -0.25) is 4.79 Å². The second kappa shape index (κ2) is 11.9. The maximum atomic E-state index is 10.6. The third-order valence-electron chi connectivity index (χ3n) is 4.42. The van der Waals surface area contributed by atoms with Crippen LogP contribution in [0.15, 0.2) is 47.6 Å². The summed E-state index contributed by atoms with van der Waals surface area (Å²) in [5.74, 6) is 0.265. The lowest BCUT2D eigenvalue weighted by Crippen LogP contribution is -2.16. The summed E-state index contributed by atoms with van der Waals surface area (Å²) >= 11 is 1.62. The SMILES string of the molecule is C=CC(=C)C1CC(c2csc(C(CCCN/C=C\C=N)CCNC=O)n2)=NO1. The van der Waals surface area contributed by atoms with E-state index in [-0.39, 0.29) is 12.0 Å². The summed E-state index contributed by atoms with van der Waals surface area (Å²) in [7, 11) is 0. The van der Waals surface area contributed by atoms with Crippen molar-refractivity contribution >= 4 is 29.7 Å². The van der Waals surface area contributed by atoms with E-state index >= 15 is 0 Å². The van der Waals surface area contributed by atoms with Crippen molar-refractivity contribution in [2.45, 2.75) is 37.7 Å². The van der Waals surface area contributed by atoms with Gasteiger partial charge < -0.3 is 20.9 Å². The average molecular weight is 402 g/mol. The van der Waals surface area contributed by atoms with Crippen molar-refractivity contribution in [1.29, 1.82) is 5.41 Å². The van der Waals surface area contributed by atoms with E-state index in [1.807, 2.05) is 5.38 Å². The van der Waals surface area contributed by atoms with Crippen LogP contribution >= 0.6 is 11.3 Å². The monoisotopic (exact) mass is 401 g/mol. The Hall–Kier alpha value is -2.74. The first kappa shape index (κ1) is 21.6. The van der Waals surface area contributed by atoms with Gasteiger partial charge in [-0.25, -0.2) is 4.98 Å². The molecule has 3 N–H and O–H groups in total. The standard InChI is InChI=1S/C20H27N5O2S/c1-3-15(2)19-12-17(25-27-19)18-13-28-20(24-18)16(7-11-23-14-26)6-4-9-22-10-5-8-21/h3,5,8,10,13-14,16,19,21-22H,1-2,4,6-7,9,11-12H2,(H,23,26)/b10-5-,21-8?.